The highest BCUT2D eigenvalue weighted by Crippen LogP contribution is 2.42. The van der Waals surface area contributed by atoms with Crippen molar-refractivity contribution in [1.82, 2.24) is 15.1 Å². The van der Waals surface area contributed by atoms with Gasteiger partial charge in [0.2, 0.25) is 0 Å². The number of rotatable bonds is 4. The number of aromatic nitrogens is 2. The fraction of sp³-hybridized carbons (Fsp3) is 0.158. The largest absolute Gasteiger partial charge is 0.356 e. The summed E-state index contributed by atoms with van der Waals surface area (Å²) < 4.78 is 0. The molecule has 5 heteroatoms. The lowest BCUT2D eigenvalue weighted by molar-refractivity contribution is -0.368. The monoisotopic (exact) mass is 319 g/mol. The Kier molecular flexibility index (Phi) is 3.63. The molecule has 1 amide bonds. The van der Waals surface area contributed by atoms with Crippen LogP contribution in [0.15, 0.2) is 60.7 Å². The van der Waals surface area contributed by atoms with Gasteiger partial charge in [-0.2, -0.15) is 5.10 Å². The van der Waals surface area contributed by atoms with Crippen LogP contribution in [0.4, 0.5) is 0 Å². The number of carbonyl (C=O) groups excluding carboxylic acids is 1. The first-order valence-electron chi connectivity index (χ1n) is 8.10. The number of H-pyrrole nitrogens is 1. The highest BCUT2D eigenvalue weighted by atomic mass is 16.2. The Morgan fingerprint density at radius 1 is 1.04 bits per heavy atom. The molecule has 0 aliphatic carbocycles. The molecule has 0 saturated heterocycles. The number of fused-ring (bicyclic) bond motifs is 1. The molecule has 1 aliphatic rings. The molecule has 0 fully saturated rings. The topological polar surface area (TPSA) is 76.6 Å². The number of benzene rings is 2. The Balaban J connectivity index is 1.90. The SMILES string of the molecule is [NH3+]CCN1C(=O)c2[nH]nc(-c3ccccc3)c2[C@@H]1c1ccccc1. The first-order valence-corrected chi connectivity index (χ1v) is 8.10. The second-order valence-electron chi connectivity index (χ2n) is 5.89. The number of hydrogen-bond donors (Lipinski definition) is 2. The van der Waals surface area contributed by atoms with E-state index in [2.05, 4.69) is 28.1 Å². The Labute approximate surface area is 140 Å². The van der Waals surface area contributed by atoms with Crippen molar-refractivity contribution in [3.05, 3.63) is 77.5 Å². The van der Waals surface area contributed by atoms with E-state index in [-0.39, 0.29) is 11.9 Å². The van der Waals surface area contributed by atoms with Gasteiger partial charge in [0.1, 0.15) is 5.69 Å². The number of nitrogens with one attached hydrogen (secondary N) is 1. The highest BCUT2D eigenvalue weighted by molar-refractivity contribution is 6.00. The van der Waals surface area contributed by atoms with Gasteiger partial charge in [-0.25, -0.2) is 0 Å². The molecule has 5 nitrogen and oxygen atoms in total. The van der Waals surface area contributed by atoms with E-state index >= 15 is 0 Å². The van der Waals surface area contributed by atoms with Gasteiger partial charge in [0, 0.05) is 11.1 Å². The van der Waals surface area contributed by atoms with E-state index in [0.717, 1.165) is 22.4 Å². The van der Waals surface area contributed by atoms with Crippen LogP contribution < -0.4 is 5.73 Å². The van der Waals surface area contributed by atoms with Gasteiger partial charge in [-0.15, -0.1) is 0 Å². The van der Waals surface area contributed by atoms with Crippen LogP contribution >= 0.6 is 0 Å². The Bertz CT molecular complexity index is 858. The molecule has 0 saturated carbocycles. The maximum absolute atomic E-state index is 12.8. The van der Waals surface area contributed by atoms with Crippen LogP contribution in [-0.2, 0) is 0 Å². The van der Waals surface area contributed by atoms with E-state index in [1.807, 2.05) is 53.4 Å². The van der Waals surface area contributed by atoms with Crippen molar-refractivity contribution in [1.29, 1.82) is 0 Å². The van der Waals surface area contributed by atoms with Crippen LogP contribution in [0.25, 0.3) is 11.3 Å². The average molecular weight is 319 g/mol. The Hall–Kier alpha value is -2.92. The zero-order chi connectivity index (χ0) is 16.5. The fourth-order valence-corrected chi connectivity index (χ4v) is 3.40. The molecule has 24 heavy (non-hydrogen) atoms. The molecule has 0 radical (unpaired) electrons. The Morgan fingerprint density at radius 2 is 1.71 bits per heavy atom. The number of aromatic amines is 1. The summed E-state index contributed by atoms with van der Waals surface area (Å²) in [6, 6.07) is 20.0. The molecular formula is C19H19N4O+. The summed E-state index contributed by atoms with van der Waals surface area (Å²) in [5.41, 5.74) is 8.43. The van der Waals surface area contributed by atoms with Gasteiger partial charge in [0.05, 0.1) is 24.8 Å². The van der Waals surface area contributed by atoms with E-state index in [9.17, 15) is 4.79 Å². The second kappa shape index (κ2) is 5.94. The summed E-state index contributed by atoms with van der Waals surface area (Å²) in [5.74, 6) is -0.00261. The molecule has 3 aromatic rings. The van der Waals surface area contributed by atoms with Gasteiger partial charge in [-0.3, -0.25) is 9.89 Å². The van der Waals surface area contributed by atoms with E-state index in [1.165, 1.54) is 0 Å². The molecule has 0 spiro atoms. The molecular weight excluding hydrogens is 300 g/mol. The van der Waals surface area contributed by atoms with Crippen molar-refractivity contribution in [2.45, 2.75) is 6.04 Å². The molecule has 2 heterocycles. The summed E-state index contributed by atoms with van der Waals surface area (Å²) in [6.45, 7) is 1.29. The minimum absolute atomic E-state index is 0.00261. The van der Waals surface area contributed by atoms with Gasteiger partial charge >= 0.3 is 0 Å². The van der Waals surface area contributed by atoms with Crippen molar-refractivity contribution in [3.63, 3.8) is 0 Å². The third kappa shape index (κ3) is 2.21. The molecule has 0 bridgehead atoms. The molecule has 4 N–H and O–H groups in total. The van der Waals surface area contributed by atoms with E-state index in [1.54, 1.807) is 0 Å². The maximum atomic E-state index is 12.8. The van der Waals surface area contributed by atoms with Crippen LogP contribution in [0, 0.1) is 0 Å². The van der Waals surface area contributed by atoms with Crippen molar-refractivity contribution in [3.8, 4) is 11.3 Å². The van der Waals surface area contributed by atoms with Crippen LogP contribution in [0.2, 0.25) is 0 Å². The number of quaternary nitrogens is 1. The molecule has 1 aromatic heterocycles. The number of hydrogen-bond acceptors (Lipinski definition) is 2. The zero-order valence-electron chi connectivity index (χ0n) is 13.3. The van der Waals surface area contributed by atoms with Crippen LogP contribution in [0.1, 0.15) is 27.7 Å². The normalized spacial score (nSPS) is 16.5. The van der Waals surface area contributed by atoms with Gasteiger partial charge < -0.3 is 10.6 Å². The van der Waals surface area contributed by atoms with Crippen molar-refractivity contribution in [2.75, 3.05) is 13.1 Å². The smallest absolute Gasteiger partial charge is 0.273 e. The van der Waals surface area contributed by atoms with Gasteiger partial charge in [-0.05, 0) is 5.56 Å². The lowest BCUT2D eigenvalue weighted by atomic mass is 9.96. The minimum Gasteiger partial charge on any atom is -0.356 e. The molecule has 120 valence electrons. The van der Waals surface area contributed by atoms with E-state index in [4.69, 9.17) is 0 Å². The predicted molar refractivity (Wildman–Crippen MR) is 91.1 cm³/mol. The molecule has 4 rings (SSSR count). The number of nitrogens with zero attached hydrogens (tertiary/aromatic N) is 2. The summed E-state index contributed by atoms with van der Waals surface area (Å²) in [4.78, 5) is 14.7. The zero-order valence-corrected chi connectivity index (χ0v) is 13.3. The summed E-state index contributed by atoms with van der Waals surface area (Å²) >= 11 is 0. The van der Waals surface area contributed by atoms with E-state index in [0.29, 0.717) is 18.8 Å². The van der Waals surface area contributed by atoms with Crippen LogP contribution in [0.5, 0.6) is 0 Å². The third-order valence-corrected chi connectivity index (χ3v) is 4.43. The van der Waals surface area contributed by atoms with Crippen LogP contribution in [-0.4, -0.2) is 34.1 Å². The highest BCUT2D eigenvalue weighted by Gasteiger charge is 2.41. The summed E-state index contributed by atoms with van der Waals surface area (Å²) in [5, 5.41) is 7.40. The van der Waals surface area contributed by atoms with Crippen molar-refractivity contribution >= 4 is 5.91 Å². The fourth-order valence-electron chi connectivity index (χ4n) is 3.40. The van der Waals surface area contributed by atoms with Crippen LogP contribution in [0.3, 0.4) is 0 Å². The number of carbonyl (C=O) groups is 1. The quantitative estimate of drug-likeness (QED) is 0.770. The van der Waals surface area contributed by atoms with Gasteiger partial charge in [0.25, 0.3) is 5.91 Å². The maximum Gasteiger partial charge on any atom is 0.273 e. The van der Waals surface area contributed by atoms with E-state index < -0.39 is 0 Å². The second-order valence-corrected chi connectivity index (χ2v) is 5.89. The van der Waals surface area contributed by atoms with Crippen molar-refractivity contribution < 1.29 is 10.5 Å². The number of amides is 1. The third-order valence-electron chi connectivity index (χ3n) is 4.43. The minimum atomic E-state index is -0.121. The van der Waals surface area contributed by atoms with Gasteiger partial charge in [-0.1, -0.05) is 60.7 Å². The lowest BCUT2D eigenvalue weighted by Crippen LogP contribution is -2.55. The molecule has 1 aliphatic heterocycles. The average Bonchev–Trinajstić information content (AvgIpc) is 3.17. The summed E-state index contributed by atoms with van der Waals surface area (Å²) in [7, 11) is 0. The van der Waals surface area contributed by atoms with Crippen molar-refractivity contribution in [2.24, 2.45) is 0 Å². The lowest BCUT2D eigenvalue weighted by Gasteiger charge is -2.25. The first kappa shape index (κ1) is 14.7. The standard InChI is InChI=1S/C19H18N4O/c20-11-12-23-18(14-9-5-2-6-10-14)15-16(13-7-3-1-4-8-13)21-22-17(15)19(23)24/h1-10,18H,11-12,20H2,(H,21,22)/p+1/t18-/m0/s1. The Morgan fingerprint density at radius 3 is 2.38 bits per heavy atom. The van der Waals surface area contributed by atoms with Gasteiger partial charge in [0.15, 0.2) is 0 Å². The molecule has 1 atom stereocenters. The predicted octanol–water partition coefficient (Wildman–Crippen LogP) is 1.86. The first-order chi connectivity index (χ1) is 11.8. The molecule has 0 unspecified atom stereocenters. The molecule has 2 aromatic carbocycles. The summed E-state index contributed by atoms with van der Waals surface area (Å²) in [6.07, 6.45) is 0.